The molecule has 2 N–H and O–H groups in total. The van der Waals surface area contributed by atoms with Crippen molar-refractivity contribution >= 4 is 11.6 Å². The Morgan fingerprint density at radius 2 is 2.09 bits per heavy atom. The molecule has 1 heterocycles. The van der Waals surface area contributed by atoms with Gasteiger partial charge >= 0.3 is 0 Å². The highest BCUT2D eigenvalue weighted by Gasteiger charge is 2.42. The number of likely N-dealkylation sites (N-methyl/N-ethyl adjacent to an activating group) is 1. The van der Waals surface area contributed by atoms with E-state index in [1.54, 1.807) is 0 Å². The van der Waals surface area contributed by atoms with Crippen molar-refractivity contribution in [3.8, 4) is 0 Å². The van der Waals surface area contributed by atoms with E-state index < -0.39 is 0 Å². The monoisotopic (exact) mass is 322 g/mol. The number of nitrogens with one attached hydrogen (secondary N) is 2. The summed E-state index contributed by atoms with van der Waals surface area (Å²) >= 11 is 6.53. The van der Waals surface area contributed by atoms with Crippen LogP contribution in [0.4, 0.5) is 0 Å². The van der Waals surface area contributed by atoms with Gasteiger partial charge in [0.1, 0.15) is 0 Å². The molecule has 1 saturated carbocycles. The third kappa shape index (κ3) is 3.18. The molecule has 4 heteroatoms. The molecule has 22 heavy (non-hydrogen) atoms. The van der Waals surface area contributed by atoms with Crippen molar-refractivity contribution in [2.24, 2.45) is 0 Å². The Labute approximate surface area is 138 Å². The summed E-state index contributed by atoms with van der Waals surface area (Å²) in [5.41, 5.74) is 1.15. The van der Waals surface area contributed by atoms with E-state index >= 15 is 0 Å². The predicted octanol–water partition coefficient (Wildman–Crippen LogP) is 3.47. The van der Waals surface area contributed by atoms with Crippen LogP contribution in [-0.2, 0) is 10.3 Å². The summed E-state index contributed by atoms with van der Waals surface area (Å²) in [6.45, 7) is 1.86. The van der Waals surface area contributed by atoms with Crippen LogP contribution in [0.1, 0.15) is 44.1 Å². The molecule has 0 aromatic heterocycles. The molecule has 1 aromatic rings. The van der Waals surface area contributed by atoms with Gasteiger partial charge in [0.2, 0.25) is 0 Å². The van der Waals surface area contributed by atoms with Crippen molar-refractivity contribution in [1.82, 2.24) is 10.6 Å². The second-order valence-electron chi connectivity index (χ2n) is 6.54. The number of ether oxygens (including phenoxy) is 1. The molecule has 3 nitrogen and oxygen atoms in total. The lowest BCUT2D eigenvalue weighted by atomic mass is 9.72. The van der Waals surface area contributed by atoms with E-state index in [-0.39, 0.29) is 5.54 Å². The fourth-order valence-electron chi connectivity index (χ4n) is 4.11. The SMILES string of the molecule is CN[C@@]1(c2ccccc2Cl)CCCC[C@H]1NCC1CCCO1. The van der Waals surface area contributed by atoms with Gasteiger partial charge < -0.3 is 15.4 Å². The number of hydrogen-bond acceptors (Lipinski definition) is 3. The average Bonchev–Trinajstić information content (AvgIpc) is 3.07. The summed E-state index contributed by atoms with van der Waals surface area (Å²) in [6.07, 6.45) is 7.57. The fourth-order valence-corrected chi connectivity index (χ4v) is 4.41. The summed E-state index contributed by atoms with van der Waals surface area (Å²) in [7, 11) is 2.06. The van der Waals surface area contributed by atoms with E-state index in [2.05, 4.69) is 29.8 Å². The van der Waals surface area contributed by atoms with Gasteiger partial charge in [0, 0.05) is 24.2 Å². The van der Waals surface area contributed by atoms with Crippen molar-refractivity contribution in [2.45, 2.75) is 56.2 Å². The van der Waals surface area contributed by atoms with Crippen molar-refractivity contribution in [3.05, 3.63) is 34.9 Å². The molecule has 0 amide bonds. The average molecular weight is 323 g/mol. The Kier molecular flexibility index (Phi) is 5.40. The van der Waals surface area contributed by atoms with E-state index in [4.69, 9.17) is 16.3 Å². The Morgan fingerprint density at radius 1 is 1.23 bits per heavy atom. The molecule has 3 rings (SSSR count). The van der Waals surface area contributed by atoms with Gasteiger partial charge in [-0.1, -0.05) is 42.6 Å². The van der Waals surface area contributed by atoms with Crippen molar-refractivity contribution in [2.75, 3.05) is 20.2 Å². The van der Waals surface area contributed by atoms with Crippen LogP contribution in [0.2, 0.25) is 5.02 Å². The molecule has 0 bridgehead atoms. The smallest absolute Gasteiger partial charge is 0.0700 e. The standard InChI is InChI=1S/C18H27ClN2O/c1-20-18(15-8-2-3-9-16(15)19)11-5-4-10-17(18)21-13-14-7-6-12-22-14/h2-3,8-9,14,17,20-21H,4-7,10-13H2,1H3/t14?,17-,18-/m1/s1. The maximum absolute atomic E-state index is 6.53. The number of rotatable bonds is 5. The molecule has 1 saturated heterocycles. The molecule has 1 aromatic carbocycles. The van der Waals surface area contributed by atoms with Gasteiger partial charge in [-0.05, 0) is 44.4 Å². The predicted molar refractivity (Wildman–Crippen MR) is 91.4 cm³/mol. The van der Waals surface area contributed by atoms with E-state index in [0.717, 1.165) is 24.6 Å². The van der Waals surface area contributed by atoms with Gasteiger partial charge in [0.25, 0.3) is 0 Å². The first-order valence-electron chi connectivity index (χ1n) is 8.55. The molecular weight excluding hydrogens is 296 g/mol. The zero-order valence-corrected chi connectivity index (χ0v) is 14.2. The van der Waals surface area contributed by atoms with Crippen LogP contribution in [0.5, 0.6) is 0 Å². The van der Waals surface area contributed by atoms with Crippen LogP contribution in [0, 0.1) is 0 Å². The third-order valence-corrected chi connectivity index (χ3v) is 5.65. The van der Waals surface area contributed by atoms with Crippen LogP contribution in [-0.4, -0.2) is 32.3 Å². The first-order chi connectivity index (χ1) is 10.8. The van der Waals surface area contributed by atoms with Gasteiger partial charge in [0.05, 0.1) is 11.6 Å². The van der Waals surface area contributed by atoms with Gasteiger partial charge in [-0.3, -0.25) is 0 Å². The van der Waals surface area contributed by atoms with E-state index in [9.17, 15) is 0 Å². The number of halogens is 1. The topological polar surface area (TPSA) is 33.3 Å². The first kappa shape index (κ1) is 16.3. The second kappa shape index (κ2) is 7.31. The van der Waals surface area contributed by atoms with Gasteiger partial charge in [-0.25, -0.2) is 0 Å². The number of benzene rings is 1. The molecule has 122 valence electrons. The molecule has 2 fully saturated rings. The molecule has 3 atom stereocenters. The Balaban J connectivity index is 1.80. The minimum atomic E-state index is -0.0742. The maximum Gasteiger partial charge on any atom is 0.0700 e. The van der Waals surface area contributed by atoms with Crippen LogP contribution in [0.15, 0.2) is 24.3 Å². The van der Waals surface area contributed by atoms with Crippen molar-refractivity contribution in [1.29, 1.82) is 0 Å². The minimum Gasteiger partial charge on any atom is -0.377 e. The lowest BCUT2D eigenvalue weighted by Gasteiger charge is -2.46. The van der Waals surface area contributed by atoms with Crippen molar-refractivity contribution in [3.63, 3.8) is 0 Å². The summed E-state index contributed by atoms with van der Waals surface area (Å²) < 4.78 is 5.77. The zero-order chi connectivity index (χ0) is 15.4. The summed E-state index contributed by atoms with van der Waals surface area (Å²) in [5, 5.41) is 8.26. The summed E-state index contributed by atoms with van der Waals surface area (Å²) in [4.78, 5) is 0. The van der Waals surface area contributed by atoms with E-state index in [1.165, 1.54) is 37.7 Å². The Morgan fingerprint density at radius 3 is 2.82 bits per heavy atom. The molecule has 1 aliphatic carbocycles. The minimum absolute atomic E-state index is 0.0742. The lowest BCUT2D eigenvalue weighted by molar-refractivity contribution is 0.0942. The normalized spacial score (nSPS) is 32.3. The zero-order valence-electron chi connectivity index (χ0n) is 13.4. The van der Waals surface area contributed by atoms with Crippen LogP contribution in [0.25, 0.3) is 0 Å². The van der Waals surface area contributed by atoms with Crippen LogP contribution in [0.3, 0.4) is 0 Å². The largest absolute Gasteiger partial charge is 0.377 e. The van der Waals surface area contributed by atoms with Gasteiger partial charge in [0.15, 0.2) is 0 Å². The third-order valence-electron chi connectivity index (χ3n) is 5.33. The maximum atomic E-state index is 6.53. The molecule has 1 aliphatic heterocycles. The van der Waals surface area contributed by atoms with Gasteiger partial charge in [-0.15, -0.1) is 0 Å². The molecule has 2 aliphatic rings. The fraction of sp³-hybridized carbons (Fsp3) is 0.667. The lowest BCUT2D eigenvalue weighted by Crippen LogP contribution is -2.58. The molecule has 0 spiro atoms. The highest BCUT2D eigenvalue weighted by Crippen LogP contribution is 2.40. The summed E-state index contributed by atoms with van der Waals surface area (Å²) in [5.74, 6) is 0. The van der Waals surface area contributed by atoms with E-state index in [1.807, 2.05) is 12.1 Å². The molecular formula is C18H27ClN2O. The summed E-state index contributed by atoms with van der Waals surface area (Å²) in [6, 6.07) is 8.67. The quantitative estimate of drug-likeness (QED) is 0.871. The van der Waals surface area contributed by atoms with Crippen LogP contribution < -0.4 is 10.6 Å². The Bertz CT molecular complexity index is 490. The van der Waals surface area contributed by atoms with Crippen LogP contribution >= 0.6 is 11.6 Å². The molecule has 0 radical (unpaired) electrons. The number of hydrogen-bond donors (Lipinski definition) is 2. The van der Waals surface area contributed by atoms with E-state index in [0.29, 0.717) is 12.1 Å². The first-order valence-corrected chi connectivity index (χ1v) is 8.93. The van der Waals surface area contributed by atoms with Gasteiger partial charge in [-0.2, -0.15) is 0 Å². The highest BCUT2D eigenvalue weighted by molar-refractivity contribution is 6.31. The Hall–Kier alpha value is -0.610. The second-order valence-corrected chi connectivity index (χ2v) is 6.95. The van der Waals surface area contributed by atoms with Crippen molar-refractivity contribution < 1.29 is 4.74 Å². The molecule has 1 unspecified atom stereocenters. The highest BCUT2D eigenvalue weighted by atomic mass is 35.5.